The highest BCUT2D eigenvalue weighted by Crippen LogP contribution is 2.17. The highest BCUT2D eigenvalue weighted by atomic mass is 19.1. The number of amides is 1. The van der Waals surface area contributed by atoms with Crippen molar-refractivity contribution in [3.63, 3.8) is 0 Å². The summed E-state index contributed by atoms with van der Waals surface area (Å²) in [6.45, 7) is 3.88. The minimum absolute atomic E-state index is 0.0194. The summed E-state index contributed by atoms with van der Waals surface area (Å²) in [7, 11) is 0. The van der Waals surface area contributed by atoms with Crippen LogP contribution in [-0.4, -0.2) is 30.5 Å². The maximum absolute atomic E-state index is 13.4. The van der Waals surface area contributed by atoms with Gasteiger partial charge in [-0.1, -0.05) is 31.2 Å². The first-order valence-electron chi connectivity index (χ1n) is 9.93. The number of rotatable bonds is 6. The van der Waals surface area contributed by atoms with Crippen molar-refractivity contribution >= 4 is 22.8 Å². The summed E-state index contributed by atoms with van der Waals surface area (Å²) >= 11 is 0. The highest BCUT2D eigenvalue weighted by molar-refractivity contribution is 5.90. The number of carbonyl (C=O) groups excluding carboxylic acids is 1. The molecule has 0 radical (unpaired) electrons. The molecule has 2 aromatic heterocycles. The topological polar surface area (TPSA) is 94.7 Å². The predicted molar refractivity (Wildman–Crippen MR) is 114 cm³/mol. The number of nitrogens with one attached hydrogen (secondary N) is 1. The van der Waals surface area contributed by atoms with Crippen molar-refractivity contribution in [2.45, 2.75) is 32.9 Å². The number of hydrogen-bond donors (Lipinski definition) is 1. The molecule has 8 nitrogen and oxygen atoms in total. The van der Waals surface area contributed by atoms with Gasteiger partial charge in [-0.15, -0.1) is 5.10 Å². The summed E-state index contributed by atoms with van der Waals surface area (Å²) in [5, 5.41) is 10.4. The normalized spacial score (nSPS) is 11.3. The summed E-state index contributed by atoms with van der Waals surface area (Å²) in [5.41, 5.74) is 1.65. The second kappa shape index (κ2) is 8.66. The molecular weight excluding hydrogens is 418 g/mol. The Balaban J connectivity index is 1.51. The van der Waals surface area contributed by atoms with Gasteiger partial charge >= 0.3 is 0 Å². The Morgan fingerprint density at radius 3 is 2.44 bits per heavy atom. The van der Waals surface area contributed by atoms with E-state index in [9.17, 15) is 18.4 Å². The van der Waals surface area contributed by atoms with E-state index in [1.807, 2.05) is 12.1 Å². The Kier molecular flexibility index (Phi) is 5.76. The number of hydrogen-bond acceptors (Lipinski definition) is 5. The van der Waals surface area contributed by atoms with Crippen LogP contribution in [0.2, 0.25) is 0 Å². The highest BCUT2D eigenvalue weighted by Gasteiger charge is 2.15. The molecule has 0 aliphatic carbocycles. The molecule has 0 spiro atoms. The fourth-order valence-corrected chi connectivity index (χ4v) is 3.29. The van der Waals surface area contributed by atoms with Gasteiger partial charge in [-0.25, -0.2) is 18.4 Å². The lowest BCUT2D eigenvalue weighted by molar-refractivity contribution is -0.116. The van der Waals surface area contributed by atoms with Gasteiger partial charge in [-0.2, -0.15) is 0 Å². The standard InChI is InChI=1S/C22H20F2N6O2/c1-13(2)15-3-5-18(6-4-15)26-19(31)11-29-12-25-21-20(22(29)32)27-28-30(21)10-14-7-16(23)9-17(24)8-14/h3-9,12-13H,10-11H2,1-2H3,(H,26,31). The fourth-order valence-electron chi connectivity index (χ4n) is 3.29. The summed E-state index contributed by atoms with van der Waals surface area (Å²) in [4.78, 5) is 29.3. The number of nitrogens with zero attached hydrogens (tertiary/aromatic N) is 5. The summed E-state index contributed by atoms with van der Waals surface area (Å²) in [5.74, 6) is -1.45. The molecule has 0 aliphatic rings. The van der Waals surface area contributed by atoms with Crippen LogP contribution in [0.5, 0.6) is 0 Å². The molecule has 0 atom stereocenters. The van der Waals surface area contributed by atoms with E-state index in [2.05, 4.69) is 34.5 Å². The third-order valence-electron chi connectivity index (χ3n) is 4.92. The van der Waals surface area contributed by atoms with Crippen molar-refractivity contribution in [3.8, 4) is 0 Å². The van der Waals surface area contributed by atoms with E-state index in [0.29, 0.717) is 17.2 Å². The molecule has 0 bridgehead atoms. The zero-order valence-electron chi connectivity index (χ0n) is 17.4. The Morgan fingerprint density at radius 1 is 1.09 bits per heavy atom. The molecule has 10 heteroatoms. The molecule has 32 heavy (non-hydrogen) atoms. The maximum Gasteiger partial charge on any atom is 0.283 e. The lowest BCUT2D eigenvalue weighted by Gasteiger charge is -2.09. The number of carbonyl (C=O) groups is 1. The third-order valence-corrected chi connectivity index (χ3v) is 4.92. The van der Waals surface area contributed by atoms with Gasteiger partial charge in [-0.3, -0.25) is 14.2 Å². The first-order valence-corrected chi connectivity index (χ1v) is 9.93. The number of anilines is 1. The average Bonchev–Trinajstić information content (AvgIpc) is 3.13. The minimum Gasteiger partial charge on any atom is -0.325 e. The quantitative estimate of drug-likeness (QED) is 0.499. The number of fused-ring (bicyclic) bond motifs is 1. The van der Waals surface area contributed by atoms with Crippen LogP contribution in [0.15, 0.2) is 53.6 Å². The molecule has 0 saturated carbocycles. The van der Waals surface area contributed by atoms with Crippen molar-refractivity contribution in [3.05, 3.63) is 81.9 Å². The fraction of sp³-hybridized carbons (Fsp3) is 0.227. The Labute approximate surface area is 181 Å². The van der Waals surface area contributed by atoms with Crippen LogP contribution in [0.4, 0.5) is 14.5 Å². The summed E-state index contributed by atoms with van der Waals surface area (Å²) in [6.07, 6.45) is 1.22. The Bertz CT molecular complexity index is 1320. The molecule has 1 amide bonds. The van der Waals surface area contributed by atoms with Crippen LogP contribution < -0.4 is 10.9 Å². The lowest BCUT2D eigenvalue weighted by Crippen LogP contribution is -2.28. The van der Waals surface area contributed by atoms with E-state index in [1.54, 1.807) is 12.1 Å². The molecule has 0 fully saturated rings. The van der Waals surface area contributed by atoms with Crippen LogP contribution in [-0.2, 0) is 17.9 Å². The van der Waals surface area contributed by atoms with Crippen molar-refractivity contribution in [2.75, 3.05) is 5.32 Å². The molecule has 2 aromatic carbocycles. The van der Waals surface area contributed by atoms with Gasteiger partial charge in [-0.05, 0) is 41.3 Å². The molecule has 1 N–H and O–H groups in total. The lowest BCUT2D eigenvalue weighted by atomic mass is 10.0. The molecule has 4 aromatic rings. The average molecular weight is 438 g/mol. The zero-order chi connectivity index (χ0) is 22.8. The van der Waals surface area contributed by atoms with Crippen LogP contribution >= 0.6 is 0 Å². The van der Waals surface area contributed by atoms with Crippen LogP contribution in [0.3, 0.4) is 0 Å². The first-order chi connectivity index (χ1) is 15.3. The number of halogens is 2. The van der Waals surface area contributed by atoms with Crippen LogP contribution in [0.1, 0.15) is 30.9 Å². The van der Waals surface area contributed by atoms with Gasteiger partial charge in [0.15, 0.2) is 11.2 Å². The van der Waals surface area contributed by atoms with Gasteiger partial charge < -0.3 is 5.32 Å². The van der Waals surface area contributed by atoms with Crippen molar-refractivity contribution < 1.29 is 13.6 Å². The molecule has 0 saturated heterocycles. The molecule has 4 rings (SSSR count). The first kappa shape index (κ1) is 21.3. The van der Waals surface area contributed by atoms with Crippen LogP contribution in [0, 0.1) is 11.6 Å². The van der Waals surface area contributed by atoms with E-state index in [4.69, 9.17) is 0 Å². The predicted octanol–water partition coefficient (Wildman–Crippen LogP) is 3.08. The minimum atomic E-state index is -0.718. The number of aromatic nitrogens is 5. The molecule has 164 valence electrons. The summed E-state index contributed by atoms with van der Waals surface area (Å²) < 4.78 is 29.3. The van der Waals surface area contributed by atoms with Crippen LogP contribution in [0.25, 0.3) is 11.2 Å². The smallest absolute Gasteiger partial charge is 0.283 e. The van der Waals surface area contributed by atoms with Gasteiger partial charge in [0.05, 0.1) is 6.54 Å². The van der Waals surface area contributed by atoms with Crippen molar-refractivity contribution in [1.82, 2.24) is 24.5 Å². The SMILES string of the molecule is CC(C)c1ccc(NC(=O)Cn2cnc3c(nnn3Cc3cc(F)cc(F)c3)c2=O)cc1. The van der Waals surface area contributed by atoms with E-state index in [1.165, 1.54) is 11.0 Å². The third kappa shape index (κ3) is 4.53. The Hall–Kier alpha value is -3.95. The van der Waals surface area contributed by atoms with E-state index in [0.717, 1.165) is 28.3 Å². The van der Waals surface area contributed by atoms with Crippen molar-refractivity contribution in [1.29, 1.82) is 0 Å². The maximum atomic E-state index is 13.4. The molecule has 2 heterocycles. The van der Waals surface area contributed by atoms with Crippen molar-refractivity contribution in [2.24, 2.45) is 0 Å². The Morgan fingerprint density at radius 2 is 1.78 bits per heavy atom. The largest absolute Gasteiger partial charge is 0.325 e. The molecule has 0 aliphatic heterocycles. The second-order valence-corrected chi connectivity index (χ2v) is 7.70. The molecular formula is C22H20F2N6O2. The summed E-state index contributed by atoms with van der Waals surface area (Å²) in [6, 6.07) is 10.6. The molecule has 0 unspecified atom stereocenters. The van der Waals surface area contributed by atoms with E-state index in [-0.39, 0.29) is 24.3 Å². The van der Waals surface area contributed by atoms with Gasteiger partial charge in [0.25, 0.3) is 5.56 Å². The zero-order valence-corrected chi connectivity index (χ0v) is 17.4. The monoisotopic (exact) mass is 438 g/mol. The van der Waals surface area contributed by atoms with Gasteiger partial charge in [0.1, 0.15) is 24.5 Å². The van der Waals surface area contributed by atoms with E-state index >= 15 is 0 Å². The van der Waals surface area contributed by atoms with Gasteiger partial charge in [0.2, 0.25) is 5.91 Å². The van der Waals surface area contributed by atoms with E-state index < -0.39 is 23.1 Å². The number of benzene rings is 2. The van der Waals surface area contributed by atoms with Gasteiger partial charge in [0, 0.05) is 11.8 Å². The second-order valence-electron chi connectivity index (χ2n) is 7.70.